The lowest BCUT2D eigenvalue weighted by Crippen LogP contribution is -2.46. The van der Waals surface area contributed by atoms with Gasteiger partial charge in [-0.2, -0.15) is 0 Å². The monoisotopic (exact) mass is 357 g/mol. The van der Waals surface area contributed by atoms with E-state index in [4.69, 9.17) is 4.74 Å². The predicted molar refractivity (Wildman–Crippen MR) is 88.8 cm³/mol. The molecule has 0 spiro atoms. The Labute approximate surface area is 142 Å². The van der Waals surface area contributed by atoms with E-state index in [1.165, 1.54) is 32.4 Å². The first-order valence-electron chi connectivity index (χ1n) is 7.67. The second-order valence-electron chi connectivity index (χ2n) is 5.34. The fraction of sp³-hybridized carbons (Fsp3) is 0.533. The molecule has 1 aliphatic rings. The molecule has 1 fully saturated rings. The lowest BCUT2D eigenvalue weighted by atomic mass is 10.2. The van der Waals surface area contributed by atoms with Crippen LogP contribution in [0.3, 0.4) is 0 Å². The van der Waals surface area contributed by atoms with E-state index in [2.05, 4.69) is 19.7 Å². The first-order valence-corrected chi connectivity index (χ1v) is 9.15. The number of sulfonamides is 1. The normalized spacial score (nSPS) is 15.9. The molecule has 9 heteroatoms. The van der Waals surface area contributed by atoms with Crippen LogP contribution in [0.25, 0.3) is 0 Å². The van der Waals surface area contributed by atoms with Crippen molar-refractivity contribution in [2.75, 3.05) is 53.5 Å². The fourth-order valence-electron chi connectivity index (χ4n) is 2.47. The van der Waals surface area contributed by atoms with Gasteiger partial charge in [-0.1, -0.05) is 0 Å². The van der Waals surface area contributed by atoms with Gasteiger partial charge in [-0.15, -0.1) is 0 Å². The molecule has 1 aromatic carbocycles. The molecule has 1 aromatic rings. The number of piperazine rings is 1. The summed E-state index contributed by atoms with van der Waals surface area (Å²) in [5.41, 5.74) is 0.180. The molecule has 0 aromatic heterocycles. The molecule has 8 nitrogen and oxygen atoms in total. The van der Waals surface area contributed by atoms with E-state index >= 15 is 0 Å². The van der Waals surface area contributed by atoms with Crippen molar-refractivity contribution in [1.29, 1.82) is 0 Å². The van der Waals surface area contributed by atoms with E-state index in [0.29, 0.717) is 13.1 Å². The molecular weight excluding hydrogens is 334 g/mol. The number of carbonyl (C=O) groups excluding carboxylic acids is 1. The number of nitrogens with zero attached hydrogens (tertiary/aromatic N) is 1. The summed E-state index contributed by atoms with van der Waals surface area (Å²) in [6, 6.07) is 4.07. The quantitative estimate of drug-likeness (QED) is 0.645. The maximum absolute atomic E-state index is 12.4. The van der Waals surface area contributed by atoms with Crippen molar-refractivity contribution in [3.63, 3.8) is 0 Å². The topological polar surface area (TPSA) is 97.0 Å². The van der Waals surface area contributed by atoms with Crippen molar-refractivity contribution in [2.24, 2.45) is 0 Å². The Morgan fingerprint density at radius 2 is 2.00 bits per heavy atom. The number of benzene rings is 1. The van der Waals surface area contributed by atoms with Crippen LogP contribution < -0.4 is 14.8 Å². The van der Waals surface area contributed by atoms with Crippen LogP contribution in [0.15, 0.2) is 23.1 Å². The highest BCUT2D eigenvalue weighted by Gasteiger charge is 2.20. The van der Waals surface area contributed by atoms with Crippen molar-refractivity contribution >= 4 is 16.0 Å². The Balaban J connectivity index is 2.04. The molecule has 24 heavy (non-hydrogen) atoms. The summed E-state index contributed by atoms with van der Waals surface area (Å²) in [6.07, 6.45) is 0. The van der Waals surface area contributed by atoms with Gasteiger partial charge < -0.3 is 14.8 Å². The molecule has 1 saturated heterocycles. The van der Waals surface area contributed by atoms with Crippen LogP contribution in [0.1, 0.15) is 10.4 Å². The number of rotatable bonds is 7. The molecule has 1 aliphatic heterocycles. The first-order chi connectivity index (χ1) is 11.5. The average Bonchev–Trinajstić information content (AvgIpc) is 2.61. The number of nitrogens with one attached hydrogen (secondary N) is 2. The predicted octanol–water partition coefficient (Wildman–Crippen LogP) is -0.335. The largest absolute Gasteiger partial charge is 0.496 e. The Hall–Kier alpha value is -1.68. The molecule has 1 heterocycles. The van der Waals surface area contributed by atoms with Gasteiger partial charge in [-0.25, -0.2) is 17.9 Å². The van der Waals surface area contributed by atoms with Gasteiger partial charge >= 0.3 is 5.97 Å². The van der Waals surface area contributed by atoms with Crippen LogP contribution in [0.5, 0.6) is 5.75 Å². The van der Waals surface area contributed by atoms with Crippen molar-refractivity contribution < 1.29 is 22.7 Å². The van der Waals surface area contributed by atoms with Crippen LogP contribution in [-0.2, 0) is 14.8 Å². The minimum atomic E-state index is -3.67. The smallest absolute Gasteiger partial charge is 0.341 e. The minimum absolute atomic E-state index is 0.0484. The van der Waals surface area contributed by atoms with Crippen LogP contribution in [0.2, 0.25) is 0 Å². The maximum Gasteiger partial charge on any atom is 0.341 e. The molecular formula is C15H23N3O5S. The fourth-order valence-corrected chi connectivity index (χ4v) is 3.51. The maximum atomic E-state index is 12.4. The van der Waals surface area contributed by atoms with E-state index in [9.17, 15) is 13.2 Å². The SMILES string of the molecule is COC(=O)c1ccc(S(=O)(=O)NCCN2CCNCC2)cc1OC. The molecule has 0 saturated carbocycles. The lowest BCUT2D eigenvalue weighted by molar-refractivity contribution is 0.0597. The van der Waals surface area contributed by atoms with Crippen molar-refractivity contribution in [2.45, 2.75) is 4.90 Å². The van der Waals surface area contributed by atoms with Crippen LogP contribution in [-0.4, -0.2) is 72.8 Å². The summed E-state index contributed by atoms with van der Waals surface area (Å²) in [5, 5.41) is 3.25. The molecule has 134 valence electrons. The molecule has 0 aliphatic carbocycles. The highest BCUT2D eigenvalue weighted by molar-refractivity contribution is 7.89. The van der Waals surface area contributed by atoms with Crippen LogP contribution in [0, 0.1) is 0 Å². The summed E-state index contributed by atoms with van der Waals surface area (Å²) < 4.78 is 37.1. The summed E-state index contributed by atoms with van der Waals surface area (Å²) in [4.78, 5) is 13.9. The molecule has 2 rings (SSSR count). The number of carbonyl (C=O) groups is 1. The molecule has 0 bridgehead atoms. The number of hydrogen-bond donors (Lipinski definition) is 2. The van der Waals surface area contributed by atoms with Gasteiger partial charge in [0.05, 0.1) is 19.1 Å². The summed E-state index contributed by atoms with van der Waals surface area (Å²) >= 11 is 0. The van der Waals surface area contributed by atoms with E-state index in [1.54, 1.807) is 0 Å². The van der Waals surface area contributed by atoms with E-state index in [0.717, 1.165) is 26.2 Å². The van der Waals surface area contributed by atoms with Crippen molar-refractivity contribution in [1.82, 2.24) is 14.9 Å². The third-order valence-corrected chi connectivity index (χ3v) is 5.28. The second-order valence-corrected chi connectivity index (χ2v) is 7.11. The number of hydrogen-bond acceptors (Lipinski definition) is 7. The Morgan fingerprint density at radius 1 is 1.29 bits per heavy atom. The highest BCUT2D eigenvalue weighted by atomic mass is 32.2. The average molecular weight is 357 g/mol. The van der Waals surface area contributed by atoms with Gasteiger partial charge in [0, 0.05) is 45.3 Å². The van der Waals surface area contributed by atoms with Gasteiger partial charge in [0.1, 0.15) is 11.3 Å². The standard InChI is InChI=1S/C15H23N3O5S/c1-22-14-11-12(3-4-13(14)15(19)23-2)24(20,21)17-7-10-18-8-5-16-6-9-18/h3-4,11,16-17H,5-10H2,1-2H3. The second kappa shape index (κ2) is 8.43. The molecule has 0 atom stereocenters. The van der Waals surface area contributed by atoms with E-state index in [1.807, 2.05) is 0 Å². The number of esters is 1. The molecule has 0 amide bonds. The van der Waals surface area contributed by atoms with E-state index < -0.39 is 16.0 Å². The molecule has 2 N–H and O–H groups in total. The highest BCUT2D eigenvalue weighted by Crippen LogP contribution is 2.23. The van der Waals surface area contributed by atoms with Crippen LogP contribution >= 0.6 is 0 Å². The molecule has 0 unspecified atom stereocenters. The third kappa shape index (κ3) is 4.67. The Morgan fingerprint density at radius 3 is 2.62 bits per heavy atom. The minimum Gasteiger partial charge on any atom is -0.496 e. The summed E-state index contributed by atoms with van der Waals surface area (Å²) in [6.45, 7) is 4.62. The Kier molecular flexibility index (Phi) is 6.55. The zero-order valence-electron chi connectivity index (χ0n) is 13.9. The Bertz CT molecular complexity index is 672. The van der Waals surface area contributed by atoms with Gasteiger partial charge in [0.2, 0.25) is 10.0 Å². The lowest BCUT2D eigenvalue weighted by Gasteiger charge is -2.27. The van der Waals surface area contributed by atoms with Gasteiger partial charge in [0.25, 0.3) is 0 Å². The van der Waals surface area contributed by atoms with Gasteiger partial charge in [0.15, 0.2) is 0 Å². The summed E-state index contributed by atoms with van der Waals surface area (Å²) in [7, 11) is -1.04. The van der Waals surface area contributed by atoms with Crippen molar-refractivity contribution in [3.05, 3.63) is 23.8 Å². The number of ether oxygens (including phenoxy) is 2. The first kappa shape index (κ1) is 18.7. The zero-order valence-corrected chi connectivity index (χ0v) is 14.7. The van der Waals surface area contributed by atoms with Gasteiger partial charge in [-0.05, 0) is 12.1 Å². The van der Waals surface area contributed by atoms with E-state index in [-0.39, 0.29) is 16.2 Å². The van der Waals surface area contributed by atoms with Gasteiger partial charge in [-0.3, -0.25) is 4.90 Å². The number of methoxy groups -OCH3 is 2. The van der Waals surface area contributed by atoms with Crippen molar-refractivity contribution in [3.8, 4) is 5.75 Å². The zero-order chi connectivity index (χ0) is 17.6. The summed E-state index contributed by atoms with van der Waals surface area (Å²) in [5.74, 6) is -0.422. The van der Waals surface area contributed by atoms with Crippen LogP contribution in [0.4, 0.5) is 0 Å². The molecule has 0 radical (unpaired) electrons. The third-order valence-electron chi connectivity index (χ3n) is 3.82.